The molecule has 0 saturated heterocycles. The minimum atomic E-state index is 0.276. The molecule has 0 aliphatic carbocycles. The molecule has 0 aliphatic heterocycles. The second-order valence-corrected chi connectivity index (χ2v) is 4.41. The Morgan fingerprint density at radius 1 is 1.18 bits per heavy atom. The first-order chi connectivity index (χ1) is 8.31. The largest absolute Gasteiger partial charge is 0.396 e. The van der Waals surface area contributed by atoms with Crippen molar-refractivity contribution in [2.75, 3.05) is 6.61 Å². The molecule has 0 spiro atoms. The van der Waals surface area contributed by atoms with Crippen molar-refractivity contribution < 1.29 is 5.11 Å². The van der Waals surface area contributed by atoms with Crippen LogP contribution in [0.4, 0.5) is 0 Å². The highest BCUT2D eigenvalue weighted by atomic mass is 16.2. The van der Waals surface area contributed by atoms with E-state index in [0.29, 0.717) is 0 Å². The van der Waals surface area contributed by atoms with Crippen LogP contribution >= 0.6 is 0 Å². The van der Waals surface area contributed by atoms with E-state index in [-0.39, 0.29) is 6.61 Å². The lowest BCUT2D eigenvalue weighted by Gasteiger charge is -2.08. The number of allylic oxidation sites excluding steroid dienone is 2. The number of hydrogen-bond acceptors (Lipinski definition) is 1. The molecule has 1 aromatic carbocycles. The third-order valence-electron chi connectivity index (χ3n) is 2.92. The number of aliphatic hydroxyl groups excluding tert-OH is 1. The Morgan fingerprint density at radius 2 is 1.88 bits per heavy atom. The molecule has 0 aromatic heterocycles. The molecule has 1 rings (SSSR count). The number of hydrogen-bond donors (Lipinski definition) is 1. The highest BCUT2D eigenvalue weighted by Crippen LogP contribution is 2.21. The van der Waals surface area contributed by atoms with Gasteiger partial charge in [-0.2, -0.15) is 0 Å². The molecule has 1 aromatic rings. The third kappa shape index (κ3) is 4.74. The molecule has 0 atom stereocenters. The van der Waals surface area contributed by atoms with Crippen LogP contribution < -0.4 is 0 Å². The second-order valence-electron chi connectivity index (χ2n) is 4.41. The first kappa shape index (κ1) is 14.0. The van der Waals surface area contributed by atoms with Crippen LogP contribution in [0.3, 0.4) is 0 Å². The third-order valence-corrected chi connectivity index (χ3v) is 2.92. The van der Waals surface area contributed by atoms with E-state index in [1.165, 1.54) is 23.1 Å². The molecule has 0 unspecified atom stereocenters. The van der Waals surface area contributed by atoms with Crippen LogP contribution in [0.5, 0.6) is 0 Å². The Kier molecular flexibility index (Phi) is 6.64. The van der Waals surface area contributed by atoms with Gasteiger partial charge >= 0.3 is 0 Å². The van der Waals surface area contributed by atoms with Crippen LogP contribution in [-0.4, -0.2) is 11.7 Å². The van der Waals surface area contributed by atoms with E-state index in [1.807, 2.05) is 0 Å². The Morgan fingerprint density at radius 3 is 2.41 bits per heavy atom. The van der Waals surface area contributed by atoms with Gasteiger partial charge in [0, 0.05) is 6.61 Å². The summed E-state index contributed by atoms with van der Waals surface area (Å²) in [5.41, 5.74) is 4.13. The fraction of sp³-hybridized carbons (Fsp3) is 0.500. The van der Waals surface area contributed by atoms with Crippen LogP contribution in [0.25, 0.3) is 5.57 Å². The van der Waals surface area contributed by atoms with Gasteiger partial charge in [0.1, 0.15) is 0 Å². The minimum Gasteiger partial charge on any atom is -0.396 e. The first-order valence-corrected chi connectivity index (χ1v) is 6.71. The summed E-state index contributed by atoms with van der Waals surface area (Å²) in [6.07, 6.45) is 7.60. The molecule has 0 amide bonds. The van der Waals surface area contributed by atoms with Crippen LogP contribution in [0, 0.1) is 0 Å². The highest BCUT2D eigenvalue weighted by Gasteiger charge is 2.00. The van der Waals surface area contributed by atoms with Crippen LogP contribution in [0.2, 0.25) is 0 Å². The van der Waals surface area contributed by atoms with Crippen molar-refractivity contribution in [3.8, 4) is 0 Å². The van der Waals surface area contributed by atoms with Crippen molar-refractivity contribution in [3.63, 3.8) is 0 Å². The summed E-state index contributed by atoms with van der Waals surface area (Å²) in [4.78, 5) is 0. The van der Waals surface area contributed by atoms with E-state index in [4.69, 9.17) is 5.11 Å². The molecule has 0 radical (unpaired) electrons. The normalized spacial score (nSPS) is 11.8. The summed E-state index contributed by atoms with van der Waals surface area (Å²) in [6, 6.07) is 8.79. The Bertz CT molecular complexity index is 335. The minimum absolute atomic E-state index is 0.276. The maximum atomic E-state index is 8.80. The molecule has 0 fully saturated rings. The van der Waals surface area contributed by atoms with Gasteiger partial charge in [0.05, 0.1) is 0 Å². The van der Waals surface area contributed by atoms with Crippen molar-refractivity contribution in [2.24, 2.45) is 0 Å². The molecule has 1 N–H and O–H groups in total. The smallest absolute Gasteiger partial charge is 0.0434 e. The molecule has 0 bridgehead atoms. The van der Waals surface area contributed by atoms with E-state index in [9.17, 15) is 0 Å². The standard InChI is InChI=1S/C16H24O/c1-3-6-15(7-4-2)16-11-9-14(10-12-16)8-5-13-17/h6,9-12,17H,3-5,7-8,13H2,1-2H3/b15-6+. The average molecular weight is 232 g/mol. The maximum absolute atomic E-state index is 8.80. The van der Waals surface area contributed by atoms with Crippen molar-refractivity contribution in [1.82, 2.24) is 0 Å². The molecule has 1 heteroatoms. The van der Waals surface area contributed by atoms with Crippen LogP contribution in [0.15, 0.2) is 30.3 Å². The zero-order chi connectivity index (χ0) is 12.5. The van der Waals surface area contributed by atoms with Gasteiger partial charge in [0.25, 0.3) is 0 Å². The topological polar surface area (TPSA) is 20.2 Å². The SMILES string of the molecule is CC/C=C(\CCC)c1ccc(CCCO)cc1. The number of aliphatic hydroxyl groups is 1. The van der Waals surface area contributed by atoms with Gasteiger partial charge in [-0.1, -0.05) is 50.6 Å². The van der Waals surface area contributed by atoms with E-state index >= 15 is 0 Å². The molecule has 94 valence electrons. The Labute approximate surface area is 105 Å². The fourth-order valence-electron chi connectivity index (χ4n) is 2.05. The quantitative estimate of drug-likeness (QED) is 0.747. The lowest BCUT2D eigenvalue weighted by Crippen LogP contribution is -1.91. The van der Waals surface area contributed by atoms with Gasteiger partial charge < -0.3 is 5.11 Å². The van der Waals surface area contributed by atoms with Crippen molar-refractivity contribution in [2.45, 2.75) is 46.0 Å². The molecule has 1 nitrogen and oxygen atoms in total. The Hall–Kier alpha value is -1.08. The van der Waals surface area contributed by atoms with Gasteiger partial charge in [-0.3, -0.25) is 0 Å². The zero-order valence-electron chi connectivity index (χ0n) is 11.1. The monoisotopic (exact) mass is 232 g/mol. The predicted molar refractivity (Wildman–Crippen MR) is 75.0 cm³/mol. The first-order valence-electron chi connectivity index (χ1n) is 6.71. The average Bonchev–Trinajstić information content (AvgIpc) is 2.37. The number of aryl methyl sites for hydroxylation is 1. The van der Waals surface area contributed by atoms with Crippen molar-refractivity contribution >= 4 is 5.57 Å². The molecular weight excluding hydrogens is 208 g/mol. The van der Waals surface area contributed by atoms with Gasteiger partial charge in [-0.25, -0.2) is 0 Å². The van der Waals surface area contributed by atoms with Gasteiger partial charge in [-0.15, -0.1) is 0 Å². The lowest BCUT2D eigenvalue weighted by atomic mass is 9.98. The summed E-state index contributed by atoms with van der Waals surface area (Å²) in [5.74, 6) is 0. The molecule has 0 saturated carbocycles. The zero-order valence-corrected chi connectivity index (χ0v) is 11.1. The van der Waals surface area contributed by atoms with Gasteiger partial charge in [0.2, 0.25) is 0 Å². The summed E-state index contributed by atoms with van der Waals surface area (Å²) < 4.78 is 0. The summed E-state index contributed by atoms with van der Waals surface area (Å²) >= 11 is 0. The van der Waals surface area contributed by atoms with Gasteiger partial charge in [0.15, 0.2) is 0 Å². The summed E-state index contributed by atoms with van der Waals surface area (Å²) in [5, 5.41) is 8.80. The van der Waals surface area contributed by atoms with Crippen LogP contribution in [-0.2, 0) is 6.42 Å². The van der Waals surface area contributed by atoms with E-state index < -0.39 is 0 Å². The molecular formula is C16H24O. The maximum Gasteiger partial charge on any atom is 0.0434 e. The molecule has 0 aliphatic rings. The molecule has 17 heavy (non-hydrogen) atoms. The van der Waals surface area contributed by atoms with E-state index in [1.54, 1.807) is 0 Å². The van der Waals surface area contributed by atoms with E-state index in [2.05, 4.69) is 44.2 Å². The fourth-order valence-corrected chi connectivity index (χ4v) is 2.05. The number of rotatable bonds is 7. The lowest BCUT2D eigenvalue weighted by molar-refractivity contribution is 0.288. The summed E-state index contributed by atoms with van der Waals surface area (Å²) in [6.45, 7) is 4.68. The Balaban J connectivity index is 2.73. The van der Waals surface area contributed by atoms with Gasteiger partial charge in [-0.05, 0) is 42.4 Å². The van der Waals surface area contributed by atoms with Crippen molar-refractivity contribution in [3.05, 3.63) is 41.5 Å². The van der Waals surface area contributed by atoms with E-state index in [0.717, 1.165) is 25.7 Å². The summed E-state index contributed by atoms with van der Waals surface area (Å²) in [7, 11) is 0. The highest BCUT2D eigenvalue weighted by molar-refractivity contribution is 5.65. The van der Waals surface area contributed by atoms with Crippen LogP contribution in [0.1, 0.15) is 50.7 Å². The van der Waals surface area contributed by atoms with Crippen molar-refractivity contribution in [1.29, 1.82) is 0 Å². The molecule has 0 heterocycles. The predicted octanol–water partition coefficient (Wildman–Crippen LogP) is 4.21. The second kappa shape index (κ2) is 8.08. The number of benzene rings is 1.